The summed E-state index contributed by atoms with van der Waals surface area (Å²) >= 11 is 12.4. The average molecular weight is 582 g/mol. The molecule has 212 valence electrons. The Balaban J connectivity index is 1.48. The number of benzene rings is 1. The molecule has 0 saturated carbocycles. The summed E-state index contributed by atoms with van der Waals surface area (Å²) in [6.07, 6.45) is 1.11. The Bertz CT molecular complexity index is 1160. The second-order valence-corrected chi connectivity index (χ2v) is 10.1. The minimum atomic E-state index is -0.567. The minimum absolute atomic E-state index is 0.0367. The van der Waals surface area contributed by atoms with Crippen molar-refractivity contribution in [2.45, 2.75) is 24.9 Å². The SMILES string of the molecule is CNc1nc(N[C@@H](CCO)CNc2cccc(Cl)c2Cl)nc(N2CCNCC2C(=O)NCC2CCNC2=O)n1. The number of amides is 2. The van der Waals surface area contributed by atoms with Gasteiger partial charge in [-0.15, -0.1) is 0 Å². The van der Waals surface area contributed by atoms with E-state index < -0.39 is 6.04 Å². The van der Waals surface area contributed by atoms with Crippen molar-refractivity contribution < 1.29 is 14.7 Å². The molecule has 4 rings (SSSR count). The van der Waals surface area contributed by atoms with Gasteiger partial charge in [-0.2, -0.15) is 15.0 Å². The van der Waals surface area contributed by atoms with Crippen LogP contribution in [0.5, 0.6) is 0 Å². The van der Waals surface area contributed by atoms with Gasteiger partial charge in [0.2, 0.25) is 29.7 Å². The molecule has 2 unspecified atom stereocenters. The van der Waals surface area contributed by atoms with Crippen LogP contribution in [-0.2, 0) is 9.59 Å². The number of hydrogen-bond acceptors (Lipinski definition) is 11. The van der Waals surface area contributed by atoms with E-state index in [0.717, 1.165) is 0 Å². The molecule has 3 atom stereocenters. The van der Waals surface area contributed by atoms with Gasteiger partial charge in [-0.3, -0.25) is 9.59 Å². The lowest BCUT2D eigenvalue weighted by molar-refractivity contribution is -0.124. The molecule has 0 radical (unpaired) electrons. The first-order valence-corrected chi connectivity index (χ1v) is 13.7. The normalized spacial score (nSPS) is 19.8. The molecule has 0 spiro atoms. The fourth-order valence-electron chi connectivity index (χ4n) is 4.47. The van der Waals surface area contributed by atoms with E-state index in [9.17, 15) is 14.7 Å². The first kappa shape index (κ1) is 28.9. The fourth-order valence-corrected chi connectivity index (χ4v) is 4.83. The van der Waals surface area contributed by atoms with Crippen molar-refractivity contribution in [1.82, 2.24) is 30.9 Å². The number of anilines is 4. The highest BCUT2D eigenvalue weighted by Crippen LogP contribution is 2.29. The van der Waals surface area contributed by atoms with Crippen LogP contribution in [0.1, 0.15) is 12.8 Å². The number of aliphatic hydroxyl groups excluding tert-OH is 1. The van der Waals surface area contributed by atoms with Crippen LogP contribution in [0, 0.1) is 5.92 Å². The highest BCUT2D eigenvalue weighted by atomic mass is 35.5. The zero-order chi connectivity index (χ0) is 27.8. The molecule has 2 aliphatic heterocycles. The number of halogens is 2. The summed E-state index contributed by atoms with van der Waals surface area (Å²) in [5, 5.41) is 28.9. The Hall–Kier alpha value is -3.13. The smallest absolute Gasteiger partial charge is 0.244 e. The maximum atomic E-state index is 13.1. The van der Waals surface area contributed by atoms with E-state index in [1.165, 1.54) is 0 Å². The van der Waals surface area contributed by atoms with Crippen LogP contribution < -0.4 is 36.8 Å². The Morgan fingerprint density at radius 1 is 1.23 bits per heavy atom. The number of carbonyl (C=O) groups excluding carboxylic acids is 2. The van der Waals surface area contributed by atoms with E-state index >= 15 is 0 Å². The maximum Gasteiger partial charge on any atom is 0.244 e. The van der Waals surface area contributed by atoms with Crippen molar-refractivity contribution in [1.29, 1.82) is 0 Å². The zero-order valence-corrected chi connectivity index (χ0v) is 23.1. The van der Waals surface area contributed by atoms with Gasteiger partial charge in [-0.1, -0.05) is 29.3 Å². The number of aliphatic hydroxyl groups is 1. The highest BCUT2D eigenvalue weighted by molar-refractivity contribution is 6.43. The van der Waals surface area contributed by atoms with E-state index in [-0.39, 0.29) is 36.9 Å². The summed E-state index contributed by atoms with van der Waals surface area (Å²) in [6.45, 7) is 2.82. The minimum Gasteiger partial charge on any atom is -0.396 e. The molecule has 2 aliphatic rings. The lowest BCUT2D eigenvalue weighted by Gasteiger charge is -2.35. The Labute approximate surface area is 236 Å². The van der Waals surface area contributed by atoms with Crippen LogP contribution >= 0.6 is 23.2 Å². The lowest BCUT2D eigenvalue weighted by atomic mass is 10.1. The summed E-state index contributed by atoms with van der Waals surface area (Å²) in [5.74, 6) is 0.500. The second-order valence-electron chi connectivity index (χ2n) is 9.30. The van der Waals surface area contributed by atoms with Gasteiger partial charge in [0.05, 0.1) is 21.7 Å². The van der Waals surface area contributed by atoms with E-state index in [0.29, 0.717) is 79.1 Å². The highest BCUT2D eigenvalue weighted by Gasteiger charge is 2.33. The van der Waals surface area contributed by atoms with E-state index in [4.69, 9.17) is 23.2 Å². The lowest BCUT2D eigenvalue weighted by Crippen LogP contribution is -2.59. The van der Waals surface area contributed by atoms with Crippen molar-refractivity contribution in [3.63, 3.8) is 0 Å². The molecular formula is C24H34Cl2N10O3. The van der Waals surface area contributed by atoms with Gasteiger partial charge in [0, 0.05) is 59.0 Å². The zero-order valence-electron chi connectivity index (χ0n) is 21.6. The molecule has 1 aromatic heterocycles. The quantitative estimate of drug-likeness (QED) is 0.187. The van der Waals surface area contributed by atoms with Gasteiger partial charge < -0.3 is 41.9 Å². The van der Waals surface area contributed by atoms with Gasteiger partial charge in [0.15, 0.2) is 0 Å². The van der Waals surface area contributed by atoms with Crippen molar-refractivity contribution in [3.8, 4) is 0 Å². The van der Waals surface area contributed by atoms with Gasteiger partial charge >= 0.3 is 0 Å². The third-order valence-electron chi connectivity index (χ3n) is 6.64. The molecule has 15 heteroatoms. The van der Waals surface area contributed by atoms with Crippen LogP contribution in [0.15, 0.2) is 18.2 Å². The molecule has 1 aromatic carbocycles. The number of nitrogens with zero attached hydrogens (tertiary/aromatic N) is 4. The molecule has 0 bridgehead atoms. The third kappa shape index (κ3) is 7.50. The van der Waals surface area contributed by atoms with Crippen molar-refractivity contribution >= 4 is 58.5 Å². The largest absolute Gasteiger partial charge is 0.396 e. The predicted octanol–water partition coefficient (Wildman–Crippen LogP) is 0.526. The van der Waals surface area contributed by atoms with Crippen LogP contribution in [0.4, 0.5) is 23.5 Å². The standard InChI is InChI=1S/C24H34Cl2N10O3/c1-27-22-33-23(32-15(6-10-37)12-30-17-4-2-3-16(25)19(17)26)35-24(34-22)36-9-8-28-13-18(36)21(39)31-11-14-5-7-29-20(14)38/h2-4,14-15,18,28,30,37H,5-13H2,1H3,(H,29,38)(H,31,39)(H2,27,32,33,34,35)/t14?,15-,18?/m0/s1. The summed E-state index contributed by atoms with van der Waals surface area (Å²) in [6, 6.07) is 4.50. The monoisotopic (exact) mass is 580 g/mol. The Kier molecular flexibility index (Phi) is 10.2. The molecule has 2 saturated heterocycles. The Morgan fingerprint density at radius 2 is 2.05 bits per heavy atom. The molecule has 2 aromatic rings. The molecule has 39 heavy (non-hydrogen) atoms. The van der Waals surface area contributed by atoms with Crippen molar-refractivity contribution in [2.24, 2.45) is 5.92 Å². The van der Waals surface area contributed by atoms with Crippen molar-refractivity contribution in [2.75, 3.05) is 73.8 Å². The molecule has 2 fully saturated rings. The van der Waals surface area contributed by atoms with Crippen LogP contribution in [0.25, 0.3) is 0 Å². The summed E-state index contributed by atoms with van der Waals surface area (Å²) in [4.78, 5) is 40.4. The van der Waals surface area contributed by atoms with E-state index in [1.54, 1.807) is 19.2 Å². The van der Waals surface area contributed by atoms with Gasteiger partial charge in [0.25, 0.3) is 0 Å². The van der Waals surface area contributed by atoms with Gasteiger partial charge in [-0.05, 0) is 25.0 Å². The molecule has 0 aliphatic carbocycles. The van der Waals surface area contributed by atoms with E-state index in [1.807, 2.05) is 11.0 Å². The summed E-state index contributed by atoms with van der Waals surface area (Å²) in [7, 11) is 1.70. The van der Waals surface area contributed by atoms with Crippen LogP contribution in [0.2, 0.25) is 10.0 Å². The topological polar surface area (TPSA) is 168 Å². The molecule has 7 N–H and O–H groups in total. The summed E-state index contributed by atoms with van der Waals surface area (Å²) in [5.41, 5.74) is 0.672. The molecule has 13 nitrogen and oxygen atoms in total. The van der Waals surface area contributed by atoms with E-state index in [2.05, 4.69) is 46.9 Å². The fraction of sp³-hybridized carbons (Fsp3) is 0.542. The average Bonchev–Trinajstić information content (AvgIpc) is 3.36. The van der Waals surface area contributed by atoms with Gasteiger partial charge in [-0.25, -0.2) is 0 Å². The first-order chi connectivity index (χ1) is 18.9. The Morgan fingerprint density at radius 3 is 2.79 bits per heavy atom. The number of nitrogens with one attached hydrogen (secondary N) is 6. The predicted molar refractivity (Wildman–Crippen MR) is 152 cm³/mol. The second kappa shape index (κ2) is 13.8. The van der Waals surface area contributed by atoms with Crippen LogP contribution in [0.3, 0.4) is 0 Å². The van der Waals surface area contributed by atoms with Gasteiger partial charge in [0.1, 0.15) is 6.04 Å². The van der Waals surface area contributed by atoms with Crippen molar-refractivity contribution in [3.05, 3.63) is 28.2 Å². The first-order valence-electron chi connectivity index (χ1n) is 12.9. The molecule has 2 amide bonds. The maximum absolute atomic E-state index is 13.1. The third-order valence-corrected chi connectivity index (χ3v) is 7.46. The number of aromatic nitrogens is 3. The number of carbonyl (C=O) groups is 2. The summed E-state index contributed by atoms with van der Waals surface area (Å²) < 4.78 is 0. The number of hydrogen-bond donors (Lipinski definition) is 7. The molecular weight excluding hydrogens is 547 g/mol. The number of rotatable bonds is 12. The molecule has 3 heterocycles. The number of piperazine rings is 1. The van der Waals surface area contributed by atoms with Crippen LogP contribution in [-0.4, -0.2) is 96.9 Å².